The van der Waals surface area contributed by atoms with E-state index in [-0.39, 0.29) is 27.6 Å². The summed E-state index contributed by atoms with van der Waals surface area (Å²) in [4.78, 5) is 25.2. The Balaban J connectivity index is 1.70. The van der Waals surface area contributed by atoms with Gasteiger partial charge in [-0.2, -0.15) is 0 Å². The van der Waals surface area contributed by atoms with E-state index in [0.29, 0.717) is 11.5 Å². The number of thiophene rings is 1. The largest absolute Gasteiger partial charge is 0.493 e. The standard InChI is InChI=1S/C22H21N3O6S2/c1-3-12-31-18-11-10-15(14-19(18)30-2)21(26)23-24-22(27)16-7-4-5-8-17(16)25-33(28,29)20-9-6-13-32-20/h3-11,13-14,25H,1,12H2,2H3,(H,23,26)(H,24,27). The van der Waals surface area contributed by atoms with Crippen LogP contribution in [0.25, 0.3) is 0 Å². The van der Waals surface area contributed by atoms with Gasteiger partial charge in [-0.3, -0.25) is 25.2 Å². The number of sulfonamides is 1. The highest BCUT2D eigenvalue weighted by atomic mass is 32.2. The van der Waals surface area contributed by atoms with Gasteiger partial charge in [-0.1, -0.05) is 30.9 Å². The van der Waals surface area contributed by atoms with Crippen LogP contribution < -0.4 is 25.0 Å². The summed E-state index contributed by atoms with van der Waals surface area (Å²) in [6, 6.07) is 13.6. The summed E-state index contributed by atoms with van der Waals surface area (Å²) < 4.78 is 38.2. The lowest BCUT2D eigenvalue weighted by Crippen LogP contribution is -2.41. The van der Waals surface area contributed by atoms with Crippen LogP contribution in [-0.4, -0.2) is 33.9 Å². The highest BCUT2D eigenvalue weighted by Gasteiger charge is 2.20. The van der Waals surface area contributed by atoms with Gasteiger partial charge in [-0.25, -0.2) is 8.42 Å². The fourth-order valence-electron chi connectivity index (χ4n) is 2.71. The molecule has 1 aromatic heterocycles. The lowest BCUT2D eigenvalue weighted by molar-refractivity contribution is 0.0847. The third-order valence-corrected chi connectivity index (χ3v) is 7.01. The summed E-state index contributed by atoms with van der Waals surface area (Å²) in [6.07, 6.45) is 1.58. The Morgan fingerprint density at radius 1 is 1.03 bits per heavy atom. The average molecular weight is 488 g/mol. The molecule has 3 aromatic rings. The van der Waals surface area contributed by atoms with Gasteiger partial charge in [0.05, 0.1) is 18.4 Å². The molecule has 0 spiro atoms. The molecule has 0 fully saturated rings. The Kier molecular flexibility index (Phi) is 7.70. The average Bonchev–Trinajstić information content (AvgIpc) is 3.37. The van der Waals surface area contributed by atoms with Crippen LogP contribution in [0.2, 0.25) is 0 Å². The van der Waals surface area contributed by atoms with E-state index >= 15 is 0 Å². The molecule has 2 amide bonds. The summed E-state index contributed by atoms with van der Waals surface area (Å²) in [6.45, 7) is 3.85. The Bertz CT molecular complexity index is 1260. The Labute approximate surface area is 195 Å². The SMILES string of the molecule is C=CCOc1ccc(C(=O)NNC(=O)c2ccccc2NS(=O)(=O)c2cccs2)cc1OC. The predicted octanol–water partition coefficient (Wildman–Crippen LogP) is 3.20. The van der Waals surface area contributed by atoms with E-state index in [9.17, 15) is 18.0 Å². The third kappa shape index (κ3) is 5.90. The maximum Gasteiger partial charge on any atom is 0.271 e. The summed E-state index contributed by atoms with van der Waals surface area (Å²) in [5.74, 6) is -0.534. The summed E-state index contributed by atoms with van der Waals surface area (Å²) in [5.41, 5.74) is 4.91. The number of para-hydroxylation sites is 1. The second kappa shape index (κ2) is 10.7. The minimum atomic E-state index is -3.85. The first-order valence-electron chi connectivity index (χ1n) is 9.53. The fourth-order valence-corrected chi connectivity index (χ4v) is 4.78. The fraction of sp³-hybridized carbons (Fsp3) is 0.0909. The van der Waals surface area contributed by atoms with E-state index in [1.165, 1.54) is 37.4 Å². The zero-order valence-electron chi connectivity index (χ0n) is 17.5. The molecule has 0 radical (unpaired) electrons. The molecule has 9 nitrogen and oxygen atoms in total. The normalized spacial score (nSPS) is 10.7. The molecule has 3 N–H and O–H groups in total. The third-order valence-electron chi connectivity index (χ3n) is 4.25. The Morgan fingerprint density at radius 3 is 2.48 bits per heavy atom. The highest BCUT2D eigenvalue weighted by Crippen LogP contribution is 2.28. The van der Waals surface area contributed by atoms with Crippen molar-refractivity contribution in [3.63, 3.8) is 0 Å². The van der Waals surface area contributed by atoms with Gasteiger partial charge in [0.2, 0.25) is 0 Å². The van der Waals surface area contributed by atoms with E-state index in [2.05, 4.69) is 22.2 Å². The van der Waals surface area contributed by atoms with Gasteiger partial charge >= 0.3 is 0 Å². The molecule has 2 aromatic carbocycles. The molecule has 11 heteroatoms. The van der Waals surface area contributed by atoms with Gasteiger partial charge in [0.15, 0.2) is 11.5 Å². The second-order valence-electron chi connectivity index (χ2n) is 6.46. The molecule has 0 aliphatic carbocycles. The maximum atomic E-state index is 12.7. The van der Waals surface area contributed by atoms with E-state index in [1.807, 2.05) is 0 Å². The zero-order chi connectivity index (χ0) is 23.8. The number of nitrogens with one attached hydrogen (secondary N) is 3. The van der Waals surface area contributed by atoms with Gasteiger partial charge in [0.1, 0.15) is 10.8 Å². The van der Waals surface area contributed by atoms with Crippen molar-refractivity contribution in [2.24, 2.45) is 0 Å². The minimum Gasteiger partial charge on any atom is -0.493 e. The number of benzene rings is 2. The first kappa shape index (κ1) is 23.8. The Hall–Kier alpha value is -3.83. The molecular formula is C22H21N3O6S2. The number of hydrazine groups is 1. The first-order valence-corrected chi connectivity index (χ1v) is 11.9. The van der Waals surface area contributed by atoms with E-state index in [4.69, 9.17) is 9.47 Å². The van der Waals surface area contributed by atoms with Crippen molar-refractivity contribution in [3.05, 3.63) is 83.8 Å². The van der Waals surface area contributed by atoms with Crippen LogP contribution in [0.5, 0.6) is 11.5 Å². The van der Waals surface area contributed by atoms with Crippen LogP contribution >= 0.6 is 11.3 Å². The number of carbonyl (C=O) groups is 2. The zero-order valence-corrected chi connectivity index (χ0v) is 19.2. The number of anilines is 1. The second-order valence-corrected chi connectivity index (χ2v) is 9.31. The minimum absolute atomic E-state index is 0.0312. The van der Waals surface area contributed by atoms with Crippen LogP contribution in [0.1, 0.15) is 20.7 Å². The molecule has 3 rings (SSSR count). The topological polar surface area (TPSA) is 123 Å². The molecule has 1 heterocycles. The van der Waals surface area contributed by atoms with E-state index in [0.717, 1.165) is 11.3 Å². The van der Waals surface area contributed by atoms with Crippen molar-refractivity contribution in [2.45, 2.75) is 4.21 Å². The van der Waals surface area contributed by atoms with Gasteiger partial charge in [0, 0.05) is 5.56 Å². The van der Waals surface area contributed by atoms with Crippen molar-refractivity contribution in [1.29, 1.82) is 0 Å². The molecular weight excluding hydrogens is 466 g/mol. The molecule has 0 aliphatic rings. The van der Waals surface area contributed by atoms with Gasteiger partial charge in [0.25, 0.3) is 21.8 Å². The molecule has 0 aliphatic heterocycles. The van der Waals surface area contributed by atoms with Gasteiger partial charge < -0.3 is 9.47 Å². The lowest BCUT2D eigenvalue weighted by Gasteiger charge is -2.13. The molecule has 33 heavy (non-hydrogen) atoms. The van der Waals surface area contributed by atoms with Gasteiger partial charge in [-0.05, 0) is 41.8 Å². The number of methoxy groups -OCH3 is 1. The number of ether oxygens (including phenoxy) is 2. The molecule has 172 valence electrons. The molecule has 0 bridgehead atoms. The summed E-state index contributed by atoms with van der Waals surface area (Å²) in [7, 11) is -2.41. The van der Waals surface area contributed by atoms with Crippen LogP contribution in [0.15, 0.2) is 76.8 Å². The first-order chi connectivity index (χ1) is 15.9. The van der Waals surface area contributed by atoms with Crippen molar-refractivity contribution < 1.29 is 27.5 Å². The smallest absolute Gasteiger partial charge is 0.271 e. The van der Waals surface area contributed by atoms with E-state index in [1.54, 1.807) is 35.7 Å². The van der Waals surface area contributed by atoms with Crippen molar-refractivity contribution in [2.75, 3.05) is 18.4 Å². The quantitative estimate of drug-likeness (QED) is 0.315. The molecule has 0 unspecified atom stereocenters. The predicted molar refractivity (Wildman–Crippen MR) is 125 cm³/mol. The number of hydrogen-bond acceptors (Lipinski definition) is 7. The number of amides is 2. The Morgan fingerprint density at radius 2 is 1.79 bits per heavy atom. The van der Waals surface area contributed by atoms with E-state index < -0.39 is 21.8 Å². The van der Waals surface area contributed by atoms with Crippen LogP contribution in [-0.2, 0) is 10.0 Å². The lowest BCUT2D eigenvalue weighted by atomic mass is 10.2. The van der Waals surface area contributed by atoms with Crippen molar-refractivity contribution in [3.8, 4) is 11.5 Å². The monoisotopic (exact) mass is 487 g/mol. The maximum absolute atomic E-state index is 12.7. The molecule has 0 saturated heterocycles. The molecule has 0 saturated carbocycles. The van der Waals surface area contributed by atoms with Crippen molar-refractivity contribution >= 4 is 38.9 Å². The number of rotatable bonds is 9. The van der Waals surface area contributed by atoms with Crippen LogP contribution in [0.3, 0.4) is 0 Å². The summed E-state index contributed by atoms with van der Waals surface area (Å²) in [5, 5.41) is 1.63. The highest BCUT2D eigenvalue weighted by molar-refractivity contribution is 7.94. The van der Waals surface area contributed by atoms with Crippen LogP contribution in [0.4, 0.5) is 5.69 Å². The summed E-state index contributed by atoms with van der Waals surface area (Å²) >= 11 is 1.05. The van der Waals surface area contributed by atoms with Crippen LogP contribution in [0, 0.1) is 0 Å². The van der Waals surface area contributed by atoms with Crippen molar-refractivity contribution in [1.82, 2.24) is 10.9 Å². The molecule has 0 atom stereocenters. The number of hydrogen-bond donors (Lipinski definition) is 3. The van der Waals surface area contributed by atoms with Gasteiger partial charge in [-0.15, -0.1) is 11.3 Å². The number of carbonyl (C=O) groups excluding carboxylic acids is 2.